The van der Waals surface area contributed by atoms with Gasteiger partial charge in [0.2, 0.25) is 0 Å². The molecule has 4 heteroatoms. The molecule has 0 aromatic heterocycles. The Morgan fingerprint density at radius 1 is 1.62 bits per heavy atom. The maximum absolute atomic E-state index is 11.5. The van der Waals surface area contributed by atoms with Crippen molar-refractivity contribution in [2.24, 2.45) is 0 Å². The number of aryl methyl sites for hydroxylation is 1. The normalized spacial score (nSPS) is 18.4. The topological polar surface area (TPSA) is 58.6 Å². The number of rotatable bonds is 2. The molecule has 1 aromatic rings. The van der Waals surface area contributed by atoms with Crippen LogP contribution in [0, 0.1) is 0 Å². The SMILES string of the molecule is CCOC(=O)C1CCc2cc(O)ccc2N1. The number of hydrogen-bond acceptors (Lipinski definition) is 4. The Morgan fingerprint density at radius 2 is 2.44 bits per heavy atom. The predicted octanol–water partition coefficient (Wildman–Crippen LogP) is 1.68. The summed E-state index contributed by atoms with van der Waals surface area (Å²) in [6, 6.07) is 4.86. The zero-order valence-corrected chi connectivity index (χ0v) is 9.19. The molecule has 0 radical (unpaired) electrons. The van der Waals surface area contributed by atoms with Crippen LogP contribution in [0.4, 0.5) is 5.69 Å². The predicted molar refractivity (Wildman–Crippen MR) is 60.5 cm³/mol. The average molecular weight is 221 g/mol. The molecule has 0 fully saturated rings. The van der Waals surface area contributed by atoms with E-state index in [1.807, 2.05) is 0 Å². The molecular weight excluding hydrogens is 206 g/mol. The Bertz CT molecular complexity index is 403. The van der Waals surface area contributed by atoms with Crippen LogP contribution >= 0.6 is 0 Å². The number of carbonyl (C=O) groups is 1. The number of phenolic OH excluding ortho intramolecular Hbond substituents is 1. The molecule has 0 bridgehead atoms. The van der Waals surface area contributed by atoms with Crippen molar-refractivity contribution in [3.05, 3.63) is 23.8 Å². The van der Waals surface area contributed by atoms with Gasteiger partial charge in [-0.3, -0.25) is 0 Å². The fraction of sp³-hybridized carbons (Fsp3) is 0.417. The van der Waals surface area contributed by atoms with Gasteiger partial charge in [0.25, 0.3) is 0 Å². The van der Waals surface area contributed by atoms with Crippen LogP contribution in [-0.4, -0.2) is 23.7 Å². The number of esters is 1. The standard InChI is InChI=1S/C12H15NO3/c1-2-16-12(15)11-5-3-8-7-9(14)4-6-10(8)13-11/h4,6-7,11,13-14H,2-3,5H2,1H3. The van der Waals surface area contributed by atoms with Gasteiger partial charge in [0.05, 0.1) is 6.61 Å². The molecule has 16 heavy (non-hydrogen) atoms. The molecule has 0 saturated carbocycles. The third kappa shape index (κ3) is 2.10. The molecule has 0 aliphatic carbocycles. The summed E-state index contributed by atoms with van der Waals surface area (Å²) in [5.74, 6) is 0.0522. The number of hydrogen-bond donors (Lipinski definition) is 2. The summed E-state index contributed by atoms with van der Waals surface area (Å²) >= 11 is 0. The van der Waals surface area contributed by atoms with Crippen LogP contribution in [0.25, 0.3) is 0 Å². The van der Waals surface area contributed by atoms with Crippen LogP contribution in [0.1, 0.15) is 18.9 Å². The van der Waals surface area contributed by atoms with Crippen molar-refractivity contribution in [2.45, 2.75) is 25.8 Å². The first-order chi connectivity index (χ1) is 7.70. The molecule has 1 atom stereocenters. The molecule has 1 aliphatic heterocycles. The molecule has 1 heterocycles. The Kier molecular flexibility index (Phi) is 2.99. The summed E-state index contributed by atoms with van der Waals surface area (Å²) in [4.78, 5) is 11.5. The van der Waals surface area contributed by atoms with Gasteiger partial charge in [-0.05, 0) is 43.5 Å². The van der Waals surface area contributed by atoms with Gasteiger partial charge >= 0.3 is 5.97 Å². The van der Waals surface area contributed by atoms with Gasteiger partial charge in [-0.15, -0.1) is 0 Å². The Morgan fingerprint density at radius 3 is 3.19 bits per heavy atom. The number of phenols is 1. The molecule has 2 N–H and O–H groups in total. The zero-order chi connectivity index (χ0) is 11.5. The van der Waals surface area contributed by atoms with E-state index < -0.39 is 0 Å². The van der Waals surface area contributed by atoms with Crippen molar-refractivity contribution in [3.63, 3.8) is 0 Å². The second-order valence-corrected chi connectivity index (χ2v) is 3.83. The van der Waals surface area contributed by atoms with Crippen molar-refractivity contribution in [3.8, 4) is 5.75 Å². The number of ether oxygens (including phenoxy) is 1. The van der Waals surface area contributed by atoms with Crippen LogP contribution in [0.5, 0.6) is 5.75 Å². The van der Waals surface area contributed by atoms with E-state index in [9.17, 15) is 9.90 Å². The third-order valence-corrected chi connectivity index (χ3v) is 2.69. The number of nitrogens with one attached hydrogen (secondary N) is 1. The highest BCUT2D eigenvalue weighted by molar-refractivity contribution is 5.80. The minimum atomic E-state index is -0.267. The quantitative estimate of drug-likeness (QED) is 0.589. The monoisotopic (exact) mass is 221 g/mol. The third-order valence-electron chi connectivity index (χ3n) is 2.69. The van der Waals surface area contributed by atoms with Crippen molar-refractivity contribution >= 4 is 11.7 Å². The largest absolute Gasteiger partial charge is 0.508 e. The van der Waals surface area contributed by atoms with Crippen molar-refractivity contribution < 1.29 is 14.6 Å². The first kappa shape index (κ1) is 10.8. The lowest BCUT2D eigenvalue weighted by Crippen LogP contribution is -2.34. The summed E-state index contributed by atoms with van der Waals surface area (Å²) in [5, 5.41) is 12.5. The molecule has 0 saturated heterocycles. The van der Waals surface area contributed by atoms with E-state index in [1.165, 1.54) is 0 Å². The number of fused-ring (bicyclic) bond motifs is 1. The molecule has 2 rings (SSSR count). The molecule has 1 aliphatic rings. The first-order valence-electron chi connectivity index (χ1n) is 5.45. The molecule has 0 amide bonds. The van der Waals surface area contributed by atoms with Crippen LogP contribution in [0.3, 0.4) is 0 Å². The average Bonchev–Trinajstić information content (AvgIpc) is 2.28. The van der Waals surface area contributed by atoms with E-state index in [-0.39, 0.29) is 17.8 Å². The van der Waals surface area contributed by atoms with Crippen LogP contribution < -0.4 is 5.32 Å². The lowest BCUT2D eigenvalue weighted by atomic mass is 9.98. The summed E-state index contributed by atoms with van der Waals surface area (Å²) < 4.78 is 4.97. The Hall–Kier alpha value is -1.71. The Balaban J connectivity index is 2.12. The second-order valence-electron chi connectivity index (χ2n) is 3.83. The maximum atomic E-state index is 11.5. The molecule has 4 nitrogen and oxygen atoms in total. The lowest BCUT2D eigenvalue weighted by Gasteiger charge is -2.25. The molecule has 0 spiro atoms. The van der Waals surface area contributed by atoms with E-state index >= 15 is 0 Å². The maximum Gasteiger partial charge on any atom is 0.328 e. The minimum Gasteiger partial charge on any atom is -0.508 e. The van der Waals surface area contributed by atoms with Gasteiger partial charge in [0.1, 0.15) is 11.8 Å². The lowest BCUT2D eigenvalue weighted by molar-refractivity contribution is -0.144. The first-order valence-corrected chi connectivity index (χ1v) is 5.45. The fourth-order valence-electron chi connectivity index (χ4n) is 1.91. The Labute approximate surface area is 94.2 Å². The second kappa shape index (κ2) is 4.43. The van der Waals surface area contributed by atoms with Crippen molar-refractivity contribution in [1.82, 2.24) is 0 Å². The fourth-order valence-corrected chi connectivity index (χ4v) is 1.91. The van der Waals surface area contributed by atoms with E-state index in [2.05, 4.69) is 5.32 Å². The van der Waals surface area contributed by atoms with Crippen molar-refractivity contribution in [1.29, 1.82) is 0 Å². The van der Waals surface area contributed by atoms with Gasteiger partial charge in [0.15, 0.2) is 0 Å². The molecule has 1 unspecified atom stereocenters. The van der Waals surface area contributed by atoms with Gasteiger partial charge in [-0.25, -0.2) is 4.79 Å². The van der Waals surface area contributed by atoms with Gasteiger partial charge in [-0.1, -0.05) is 0 Å². The number of carbonyl (C=O) groups excluding carboxylic acids is 1. The summed E-state index contributed by atoms with van der Waals surface area (Å²) in [7, 11) is 0. The molecule has 86 valence electrons. The van der Waals surface area contributed by atoms with Crippen LogP contribution in [0.15, 0.2) is 18.2 Å². The van der Waals surface area contributed by atoms with E-state index in [4.69, 9.17) is 4.74 Å². The van der Waals surface area contributed by atoms with Crippen molar-refractivity contribution in [2.75, 3.05) is 11.9 Å². The smallest absolute Gasteiger partial charge is 0.328 e. The van der Waals surface area contributed by atoms with Gasteiger partial charge in [-0.2, -0.15) is 0 Å². The zero-order valence-electron chi connectivity index (χ0n) is 9.19. The highest BCUT2D eigenvalue weighted by Crippen LogP contribution is 2.28. The minimum absolute atomic E-state index is 0.207. The van der Waals surface area contributed by atoms with Gasteiger partial charge in [0, 0.05) is 5.69 Å². The van der Waals surface area contributed by atoms with Gasteiger partial charge < -0.3 is 15.2 Å². The van der Waals surface area contributed by atoms with E-state index in [0.29, 0.717) is 13.0 Å². The molecular formula is C12H15NO3. The highest BCUT2D eigenvalue weighted by atomic mass is 16.5. The number of anilines is 1. The summed E-state index contributed by atoms with van der Waals surface area (Å²) in [5.41, 5.74) is 1.95. The number of benzene rings is 1. The highest BCUT2D eigenvalue weighted by Gasteiger charge is 2.24. The molecule has 1 aromatic carbocycles. The summed E-state index contributed by atoms with van der Waals surface area (Å²) in [6.45, 7) is 2.20. The number of aromatic hydroxyl groups is 1. The summed E-state index contributed by atoms with van der Waals surface area (Å²) in [6.07, 6.45) is 1.48. The van der Waals surface area contributed by atoms with E-state index in [1.54, 1.807) is 25.1 Å². The van der Waals surface area contributed by atoms with E-state index in [0.717, 1.165) is 17.7 Å². The van der Waals surface area contributed by atoms with Crippen LogP contribution in [0.2, 0.25) is 0 Å². The van der Waals surface area contributed by atoms with Crippen LogP contribution in [-0.2, 0) is 16.0 Å².